The van der Waals surface area contributed by atoms with Gasteiger partial charge in [0.2, 0.25) is 0 Å². The Kier molecular flexibility index (Phi) is 4.12. The molecule has 0 radical (unpaired) electrons. The number of halogens is 1. The summed E-state index contributed by atoms with van der Waals surface area (Å²) >= 11 is 4.82. The average molecular weight is 274 g/mol. The van der Waals surface area contributed by atoms with Gasteiger partial charge in [0.25, 0.3) is 0 Å². The van der Waals surface area contributed by atoms with E-state index in [2.05, 4.69) is 12.2 Å². The van der Waals surface area contributed by atoms with Gasteiger partial charge in [-0.05, 0) is 42.3 Å². The second-order valence-electron chi connectivity index (χ2n) is 4.24. The van der Waals surface area contributed by atoms with Crippen LogP contribution in [0.1, 0.15) is 18.1 Å². The first-order valence-electron chi connectivity index (χ1n) is 6.05. The van der Waals surface area contributed by atoms with E-state index in [0.717, 1.165) is 12.1 Å². The summed E-state index contributed by atoms with van der Waals surface area (Å²) in [6.07, 6.45) is 0.943. The zero-order valence-electron chi connectivity index (χ0n) is 10.6. The largest absolute Gasteiger partial charge is 0.389 e. The molecule has 2 aromatic carbocycles. The van der Waals surface area contributed by atoms with Crippen molar-refractivity contribution in [1.29, 1.82) is 0 Å². The lowest BCUT2D eigenvalue weighted by Gasteiger charge is -2.10. The van der Waals surface area contributed by atoms with Crippen molar-refractivity contribution in [3.8, 4) is 0 Å². The van der Waals surface area contributed by atoms with Crippen molar-refractivity contribution >= 4 is 28.6 Å². The minimum Gasteiger partial charge on any atom is -0.389 e. The first-order valence-corrected chi connectivity index (χ1v) is 6.46. The number of hydrogen-bond acceptors (Lipinski definition) is 2. The maximum Gasteiger partial charge on any atom is 0.147 e. The molecular formula is C15H15FN2S. The van der Waals surface area contributed by atoms with Crippen LogP contribution in [0.4, 0.5) is 15.8 Å². The van der Waals surface area contributed by atoms with Crippen LogP contribution in [-0.4, -0.2) is 4.99 Å². The number of nitrogens with one attached hydrogen (secondary N) is 1. The van der Waals surface area contributed by atoms with Gasteiger partial charge in [0.05, 0.1) is 5.69 Å². The summed E-state index contributed by atoms with van der Waals surface area (Å²) in [5.41, 5.74) is 8.47. The highest BCUT2D eigenvalue weighted by molar-refractivity contribution is 7.80. The molecule has 0 aliphatic rings. The van der Waals surface area contributed by atoms with Gasteiger partial charge in [-0.3, -0.25) is 0 Å². The van der Waals surface area contributed by atoms with Crippen molar-refractivity contribution in [2.45, 2.75) is 13.3 Å². The quantitative estimate of drug-likeness (QED) is 0.834. The molecule has 2 rings (SSSR count). The average Bonchev–Trinajstić information content (AvgIpc) is 2.41. The molecule has 0 saturated heterocycles. The Morgan fingerprint density at radius 1 is 1.26 bits per heavy atom. The molecule has 0 amide bonds. The topological polar surface area (TPSA) is 38.0 Å². The smallest absolute Gasteiger partial charge is 0.147 e. The van der Waals surface area contributed by atoms with Gasteiger partial charge in [0, 0.05) is 11.3 Å². The van der Waals surface area contributed by atoms with Gasteiger partial charge in [-0.2, -0.15) is 0 Å². The van der Waals surface area contributed by atoms with Crippen molar-refractivity contribution in [3.63, 3.8) is 0 Å². The molecule has 0 heterocycles. The summed E-state index contributed by atoms with van der Waals surface area (Å²) in [5, 5.41) is 3.05. The Hall–Kier alpha value is -1.94. The van der Waals surface area contributed by atoms with Crippen LogP contribution in [0.5, 0.6) is 0 Å². The molecule has 2 nitrogen and oxygen atoms in total. The molecule has 0 aliphatic heterocycles. The van der Waals surface area contributed by atoms with Gasteiger partial charge in [-0.1, -0.05) is 31.3 Å². The van der Waals surface area contributed by atoms with Crippen LogP contribution in [0, 0.1) is 5.82 Å². The van der Waals surface area contributed by atoms with Gasteiger partial charge < -0.3 is 11.1 Å². The predicted octanol–water partition coefficient (Wildman–Crippen LogP) is 3.77. The minimum absolute atomic E-state index is 0.193. The monoisotopic (exact) mass is 274 g/mol. The van der Waals surface area contributed by atoms with Gasteiger partial charge >= 0.3 is 0 Å². The zero-order valence-corrected chi connectivity index (χ0v) is 11.4. The standard InChI is InChI=1S/C15H15FN2S/c1-2-10-4-3-5-12(8-10)18-14-7-6-11(15(17)19)9-13(14)16/h3-9,18H,2H2,1H3,(H2,17,19). The second kappa shape index (κ2) is 5.80. The summed E-state index contributed by atoms with van der Waals surface area (Å²) in [6, 6.07) is 12.6. The van der Waals surface area contributed by atoms with E-state index in [1.54, 1.807) is 12.1 Å². The van der Waals surface area contributed by atoms with Crippen LogP contribution in [0.3, 0.4) is 0 Å². The number of hydrogen-bond donors (Lipinski definition) is 2. The number of anilines is 2. The molecule has 0 bridgehead atoms. The third-order valence-electron chi connectivity index (χ3n) is 2.87. The Morgan fingerprint density at radius 3 is 2.68 bits per heavy atom. The van der Waals surface area contributed by atoms with Crippen LogP contribution in [-0.2, 0) is 6.42 Å². The first kappa shape index (κ1) is 13.5. The highest BCUT2D eigenvalue weighted by Crippen LogP contribution is 2.22. The van der Waals surface area contributed by atoms with E-state index >= 15 is 0 Å². The second-order valence-corrected chi connectivity index (χ2v) is 4.68. The Labute approximate surface area is 117 Å². The summed E-state index contributed by atoms with van der Waals surface area (Å²) in [7, 11) is 0. The van der Waals surface area contributed by atoms with Crippen molar-refractivity contribution in [2.75, 3.05) is 5.32 Å². The van der Waals surface area contributed by atoms with Crippen LogP contribution >= 0.6 is 12.2 Å². The predicted molar refractivity (Wildman–Crippen MR) is 81.4 cm³/mol. The van der Waals surface area contributed by atoms with E-state index in [0.29, 0.717) is 11.3 Å². The van der Waals surface area contributed by atoms with E-state index < -0.39 is 0 Å². The van der Waals surface area contributed by atoms with E-state index in [9.17, 15) is 4.39 Å². The first-order chi connectivity index (χ1) is 9.10. The van der Waals surface area contributed by atoms with Crippen molar-refractivity contribution in [1.82, 2.24) is 0 Å². The molecule has 4 heteroatoms. The summed E-state index contributed by atoms with van der Waals surface area (Å²) < 4.78 is 13.9. The number of aryl methyl sites for hydroxylation is 1. The van der Waals surface area contributed by atoms with Crippen molar-refractivity contribution in [3.05, 3.63) is 59.4 Å². The van der Waals surface area contributed by atoms with Crippen molar-refractivity contribution < 1.29 is 4.39 Å². The Bertz CT molecular complexity index is 611. The Balaban J connectivity index is 2.25. The molecule has 0 fully saturated rings. The molecule has 0 aromatic heterocycles. The van der Waals surface area contributed by atoms with Crippen LogP contribution in [0.25, 0.3) is 0 Å². The lowest BCUT2D eigenvalue weighted by molar-refractivity contribution is 0.631. The number of nitrogens with two attached hydrogens (primary N) is 1. The molecule has 0 saturated carbocycles. The minimum atomic E-state index is -0.368. The SMILES string of the molecule is CCc1cccc(Nc2ccc(C(N)=S)cc2F)c1. The fraction of sp³-hybridized carbons (Fsp3) is 0.133. The number of benzene rings is 2. The molecule has 0 aliphatic carbocycles. The number of thiocarbonyl (C=S) groups is 1. The summed E-state index contributed by atoms with van der Waals surface area (Å²) in [5.74, 6) is -0.368. The summed E-state index contributed by atoms with van der Waals surface area (Å²) in [6.45, 7) is 2.08. The maximum atomic E-state index is 13.9. The lowest BCUT2D eigenvalue weighted by Crippen LogP contribution is -2.09. The third-order valence-corrected chi connectivity index (χ3v) is 3.10. The van der Waals surface area contributed by atoms with E-state index in [-0.39, 0.29) is 10.8 Å². The van der Waals surface area contributed by atoms with Crippen LogP contribution in [0.15, 0.2) is 42.5 Å². The van der Waals surface area contributed by atoms with Gasteiger partial charge in [0.15, 0.2) is 0 Å². The Morgan fingerprint density at radius 2 is 2.05 bits per heavy atom. The fourth-order valence-electron chi connectivity index (χ4n) is 1.79. The molecule has 19 heavy (non-hydrogen) atoms. The number of rotatable bonds is 4. The molecule has 0 spiro atoms. The molecular weight excluding hydrogens is 259 g/mol. The zero-order chi connectivity index (χ0) is 13.8. The van der Waals surface area contributed by atoms with Gasteiger partial charge in [-0.25, -0.2) is 4.39 Å². The highest BCUT2D eigenvalue weighted by Gasteiger charge is 2.05. The molecule has 0 atom stereocenters. The van der Waals surface area contributed by atoms with Crippen LogP contribution < -0.4 is 11.1 Å². The van der Waals surface area contributed by atoms with Crippen molar-refractivity contribution in [2.24, 2.45) is 5.73 Å². The van der Waals surface area contributed by atoms with Gasteiger partial charge in [-0.15, -0.1) is 0 Å². The van der Waals surface area contributed by atoms with Gasteiger partial charge in [0.1, 0.15) is 10.8 Å². The fourth-order valence-corrected chi connectivity index (χ4v) is 1.92. The van der Waals surface area contributed by atoms with E-state index in [1.807, 2.05) is 24.3 Å². The highest BCUT2D eigenvalue weighted by atomic mass is 32.1. The maximum absolute atomic E-state index is 13.9. The summed E-state index contributed by atoms with van der Waals surface area (Å²) in [4.78, 5) is 0.193. The molecule has 0 unspecified atom stereocenters. The molecule has 3 N–H and O–H groups in total. The van der Waals surface area contributed by atoms with Crippen LogP contribution in [0.2, 0.25) is 0 Å². The molecule has 2 aromatic rings. The van der Waals surface area contributed by atoms with E-state index in [1.165, 1.54) is 11.6 Å². The molecule has 98 valence electrons. The lowest BCUT2D eigenvalue weighted by atomic mass is 10.1. The third kappa shape index (κ3) is 3.29. The van der Waals surface area contributed by atoms with E-state index in [4.69, 9.17) is 18.0 Å². The normalized spacial score (nSPS) is 10.2.